The van der Waals surface area contributed by atoms with Crippen LogP contribution < -0.4 is 15.2 Å². The number of benzene rings is 1. The lowest BCUT2D eigenvalue weighted by molar-refractivity contribution is 0.290. The molecule has 0 saturated carbocycles. The lowest BCUT2D eigenvalue weighted by Gasteiger charge is -2.13. The molecule has 18 heavy (non-hydrogen) atoms. The molecule has 4 heteroatoms. The van der Waals surface area contributed by atoms with Crippen molar-refractivity contribution in [3.63, 3.8) is 0 Å². The van der Waals surface area contributed by atoms with Crippen LogP contribution in [0.1, 0.15) is 11.6 Å². The molecule has 0 saturated heterocycles. The van der Waals surface area contributed by atoms with E-state index in [1.807, 2.05) is 36.4 Å². The van der Waals surface area contributed by atoms with Crippen LogP contribution in [0.4, 0.5) is 0 Å². The molecular weight excluding hydrogens is 228 g/mol. The Morgan fingerprint density at radius 3 is 2.28 bits per heavy atom. The van der Waals surface area contributed by atoms with E-state index in [0.717, 1.165) is 17.1 Å². The Labute approximate surface area is 106 Å². The summed E-state index contributed by atoms with van der Waals surface area (Å²) in [4.78, 5) is 3.95. The number of methoxy groups -OCH3 is 1. The third-order valence-corrected chi connectivity index (χ3v) is 2.62. The van der Waals surface area contributed by atoms with Crippen LogP contribution in [-0.4, -0.2) is 18.7 Å². The monoisotopic (exact) mass is 244 g/mol. The summed E-state index contributed by atoms with van der Waals surface area (Å²) in [7, 11) is 1.63. The molecule has 2 aromatic rings. The van der Waals surface area contributed by atoms with Crippen LogP contribution in [0.5, 0.6) is 11.5 Å². The van der Waals surface area contributed by atoms with E-state index in [2.05, 4.69) is 4.98 Å². The summed E-state index contributed by atoms with van der Waals surface area (Å²) in [5.74, 6) is 1.58. The largest absolute Gasteiger partial charge is 0.497 e. The van der Waals surface area contributed by atoms with Crippen molar-refractivity contribution in [2.45, 2.75) is 6.04 Å². The summed E-state index contributed by atoms with van der Waals surface area (Å²) in [6.07, 6.45) is 3.45. The fourth-order valence-electron chi connectivity index (χ4n) is 1.56. The first-order valence-corrected chi connectivity index (χ1v) is 5.72. The maximum atomic E-state index is 6.02. The number of pyridine rings is 1. The lowest BCUT2D eigenvalue weighted by atomic mass is 10.1. The highest BCUT2D eigenvalue weighted by atomic mass is 16.5. The van der Waals surface area contributed by atoms with Gasteiger partial charge in [-0.3, -0.25) is 4.98 Å². The number of nitrogens with zero attached hydrogens (tertiary/aromatic N) is 1. The molecule has 0 fully saturated rings. The zero-order valence-electron chi connectivity index (χ0n) is 10.2. The fraction of sp³-hybridized carbons (Fsp3) is 0.214. The van der Waals surface area contributed by atoms with Crippen molar-refractivity contribution in [3.8, 4) is 11.5 Å². The minimum Gasteiger partial charge on any atom is -0.497 e. The van der Waals surface area contributed by atoms with E-state index in [4.69, 9.17) is 15.2 Å². The van der Waals surface area contributed by atoms with Crippen molar-refractivity contribution >= 4 is 0 Å². The Kier molecular flexibility index (Phi) is 4.15. The predicted octanol–water partition coefficient (Wildman–Crippen LogP) is 2.17. The van der Waals surface area contributed by atoms with Gasteiger partial charge in [0.15, 0.2) is 0 Å². The highest BCUT2D eigenvalue weighted by Gasteiger charge is 2.06. The molecule has 1 aromatic carbocycles. The van der Waals surface area contributed by atoms with Crippen LogP contribution in [-0.2, 0) is 0 Å². The van der Waals surface area contributed by atoms with E-state index in [-0.39, 0.29) is 6.04 Å². The molecule has 1 atom stereocenters. The molecule has 1 unspecified atom stereocenters. The van der Waals surface area contributed by atoms with Crippen molar-refractivity contribution in [1.29, 1.82) is 0 Å². The average Bonchev–Trinajstić information content (AvgIpc) is 2.46. The minimum atomic E-state index is -0.157. The van der Waals surface area contributed by atoms with Crippen molar-refractivity contribution in [3.05, 3.63) is 54.4 Å². The summed E-state index contributed by atoms with van der Waals surface area (Å²) in [6, 6.07) is 11.1. The SMILES string of the molecule is COc1ccc(OCC(N)c2ccncc2)cc1. The van der Waals surface area contributed by atoms with Gasteiger partial charge in [0.05, 0.1) is 13.2 Å². The number of ether oxygens (including phenoxy) is 2. The Balaban J connectivity index is 1.91. The highest BCUT2D eigenvalue weighted by Crippen LogP contribution is 2.18. The standard InChI is InChI=1S/C14H16N2O2/c1-17-12-2-4-13(5-3-12)18-10-14(15)11-6-8-16-9-7-11/h2-9,14H,10,15H2,1H3. The van der Waals surface area contributed by atoms with Crippen molar-refractivity contribution in [2.24, 2.45) is 5.73 Å². The van der Waals surface area contributed by atoms with Gasteiger partial charge in [-0.25, -0.2) is 0 Å². The number of rotatable bonds is 5. The van der Waals surface area contributed by atoms with Gasteiger partial charge in [0.1, 0.15) is 18.1 Å². The molecule has 0 amide bonds. The molecule has 94 valence electrons. The second-order valence-electron chi connectivity index (χ2n) is 3.87. The normalized spacial score (nSPS) is 11.9. The third-order valence-electron chi connectivity index (χ3n) is 2.62. The molecule has 0 aliphatic heterocycles. The van der Waals surface area contributed by atoms with Gasteiger partial charge in [0.2, 0.25) is 0 Å². The molecule has 0 bridgehead atoms. The summed E-state index contributed by atoms with van der Waals surface area (Å²) >= 11 is 0. The van der Waals surface area contributed by atoms with Crippen LogP contribution in [0.25, 0.3) is 0 Å². The van der Waals surface area contributed by atoms with E-state index in [1.54, 1.807) is 19.5 Å². The number of nitrogens with two attached hydrogens (primary N) is 1. The highest BCUT2D eigenvalue weighted by molar-refractivity contribution is 5.31. The molecule has 0 aliphatic carbocycles. The quantitative estimate of drug-likeness (QED) is 0.875. The lowest BCUT2D eigenvalue weighted by Crippen LogP contribution is -2.18. The molecule has 1 heterocycles. The van der Waals surface area contributed by atoms with E-state index < -0.39 is 0 Å². The predicted molar refractivity (Wildman–Crippen MR) is 69.7 cm³/mol. The number of aromatic nitrogens is 1. The van der Waals surface area contributed by atoms with Gasteiger partial charge in [-0.05, 0) is 42.0 Å². The zero-order chi connectivity index (χ0) is 12.8. The Bertz CT molecular complexity index is 471. The first-order chi connectivity index (χ1) is 8.79. The molecule has 2 N–H and O–H groups in total. The van der Waals surface area contributed by atoms with Crippen molar-refractivity contribution in [1.82, 2.24) is 4.98 Å². The van der Waals surface area contributed by atoms with Crippen molar-refractivity contribution in [2.75, 3.05) is 13.7 Å². The number of hydrogen-bond acceptors (Lipinski definition) is 4. The van der Waals surface area contributed by atoms with Crippen LogP contribution in [0.2, 0.25) is 0 Å². The van der Waals surface area contributed by atoms with Crippen molar-refractivity contribution < 1.29 is 9.47 Å². The van der Waals surface area contributed by atoms with Crippen LogP contribution >= 0.6 is 0 Å². The van der Waals surface area contributed by atoms with Gasteiger partial charge in [-0.15, -0.1) is 0 Å². The van der Waals surface area contributed by atoms with Gasteiger partial charge in [0, 0.05) is 12.4 Å². The minimum absolute atomic E-state index is 0.157. The molecule has 0 spiro atoms. The molecule has 2 rings (SSSR count). The van der Waals surface area contributed by atoms with Crippen LogP contribution in [0.15, 0.2) is 48.8 Å². The second kappa shape index (κ2) is 6.02. The molecule has 4 nitrogen and oxygen atoms in total. The average molecular weight is 244 g/mol. The second-order valence-corrected chi connectivity index (χ2v) is 3.87. The summed E-state index contributed by atoms with van der Waals surface area (Å²) in [6.45, 7) is 0.427. The summed E-state index contributed by atoms with van der Waals surface area (Å²) in [5.41, 5.74) is 7.03. The molecule has 0 radical (unpaired) electrons. The van der Waals surface area contributed by atoms with Gasteiger partial charge < -0.3 is 15.2 Å². The zero-order valence-corrected chi connectivity index (χ0v) is 10.2. The van der Waals surface area contributed by atoms with Gasteiger partial charge in [0.25, 0.3) is 0 Å². The topological polar surface area (TPSA) is 57.4 Å². The summed E-state index contributed by atoms with van der Waals surface area (Å²) < 4.78 is 10.7. The molecule has 0 aliphatic rings. The van der Waals surface area contributed by atoms with E-state index in [9.17, 15) is 0 Å². The Morgan fingerprint density at radius 1 is 1.06 bits per heavy atom. The number of hydrogen-bond donors (Lipinski definition) is 1. The van der Waals surface area contributed by atoms with Gasteiger partial charge in [-0.1, -0.05) is 0 Å². The first-order valence-electron chi connectivity index (χ1n) is 5.72. The van der Waals surface area contributed by atoms with Crippen LogP contribution in [0, 0.1) is 0 Å². The Hall–Kier alpha value is -2.07. The Morgan fingerprint density at radius 2 is 1.67 bits per heavy atom. The molecular formula is C14H16N2O2. The maximum absolute atomic E-state index is 6.02. The van der Waals surface area contributed by atoms with Crippen LogP contribution in [0.3, 0.4) is 0 Å². The van der Waals surface area contributed by atoms with E-state index in [1.165, 1.54) is 0 Å². The van der Waals surface area contributed by atoms with E-state index in [0.29, 0.717) is 6.61 Å². The maximum Gasteiger partial charge on any atom is 0.119 e. The van der Waals surface area contributed by atoms with E-state index >= 15 is 0 Å². The molecule has 1 aromatic heterocycles. The van der Waals surface area contributed by atoms with Gasteiger partial charge in [-0.2, -0.15) is 0 Å². The van der Waals surface area contributed by atoms with Gasteiger partial charge >= 0.3 is 0 Å². The smallest absolute Gasteiger partial charge is 0.119 e. The summed E-state index contributed by atoms with van der Waals surface area (Å²) in [5, 5.41) is 0. The fourth-order valence-corrected chi connectivity index (χ4v) is 1.56. The first kappa shape index (κ1) is 12.4. The third kappa shape index (κ3) is 3.21.